The van der Waals surface area contributed by atoms with E-state index in [-0.39, 0.29) is 17.2 Å². The quantitative estimate of drug-likeness (QED) is 0.435. The van der Waals surface area contributed by atoms with Gasteiger partial charge in [0.1, 0.15) is 0 Å². The van der Waals surface area contributed by atoms with Crippen LogP contribution < -0.4 is 0 Å². The number of hydrogen-bond acceptors (Lipinski definition) is 4. The Labute approximate surface area is 172 Å². The summed E-state index contributed by atoms with van der Waals surface area (Å²) in [7, 11) is 0. The lowest BCUT2D eigenvalue weighted by Crippen LogP contribution is -2.46. The van der Waals surface area contributed by atoms with Gasteiger partial charge in [-0.1, -0.05) is 24.2 Å². The van der Waals surface area contributed by atoms with Gasteiger partial charge in [-0.2, -0.15) is 0 Å². The first-order chi connectivity index (χ1) is 13.8. The highest BCUT2D eigenvalue weighted by Gasteiger charge is 2.46. The summed E-state index contributed by atoms with van der Waals surface area (Å²) >= 11 is 0. The number of hydrogen-bond donors (Lipinski definition) is 2. The molecule has 1 aromatic rings. The molecule has 1 unspecified atom stereocenters. The molecule has 1 aliphatic heterocycles. The molecule has 158 valence electrons. The van der Waals surface area contributed by atoms with E-state index in [1.165, 1.54) is 6.21 Å². The average Bonchev–Trinajstić information content (AvgIpc) is 2.74. The highest BCUT2D eigenvalue weighted by atomic mass is 16.4. The summed E-state index contributed by atoms with van der Waals surface area (Å²) in [4.78, 5) is 26.5. The van der Waals surface area contributed by atoms with Crippen molar-refractivity contribution in [2.75, 3.05) is 13.1 Å². The zero-order chi connectivity index (χ0) is 21.1. The summed E-state index contributed by atoms with van der Waals surface area (Å²) < 4.78 is 0. The fourth-order valence-electron chi connectivity index (χ4n) is 5.13. The monoisotopic (exact) mass is 400 g/mol. The van der Waals surface area contributed by atoms with Crippen LogP contribution in [-0.4, -0.2) is 46.4 Å². The lowest BCUT2D eigenvalue weighted by atomic mass is 9.59. The van der Waals surface area contributed by atoms with Crippen molar-refractivity contribution in [2.24, 2.45) is 21.9 Å². The van der Waals surface area contributed by atoms with Gasteiger partial charge in [-0.15, -0.1) is 0 Å². The lowest BCUT2D eigenvalue weighted by Gasteiger charge is -2.48. The van der Waals surface area contributed by atoms with Crippen molar-refractivity contribution in [3.05, 3.63) is 35.4 Å². The molecule has 2 fully saturated rings. The standard InChI is InChI=1S/C23H32N2O4/c1-3-22(2,21(27)28)19-8-10-23(11-9-19)12-14-25(15-13-23)20(26)18-6-4-17(5-7-18)16-24-29/h4-7,16,19,29H,3,8-15H2,1-2H3,(H,27,28). The smallest absolute Gasteiger partial charge is 0.309 e. The molecular weight excluding hydrogens is 368 g/mol. The lowest BCUT2D eigenvalue weighted by molar-refractivity contribution is -0.153. The third kappa shape index (κ3) is 4.31. The van der Waals surface area contributed by atoms with E-state index < -0.39 is 11.4 Å². The summed E-state index contributed by atoms with van der Waals surface area (Å²) in [5.41, 5.74) is 1.05. The minimum Gasteiger partial charge on any atom is -0.481 e. The van der Waals surface area contributed by atoms with E-state index in [1.807, 2.05) is 18.7 Å². The van der Waals surface area contributed by atoms with Crippen molar-refractivity contribution in [1.82, 2.24) is 4.90 Å². The Morgan fingerprint density at radius 3 is 2.24 bits per heavy atom. The zero-order valence-electron chi connectivity index (χ0n) is 17.4. The van der Waals surface area contributed by atoms with E-state index in [4.69, 9.17) is 5.21 Å². The number of amides is 1. The highest BCUT2D eigenvalue weighted by Crippen LogP contribution is 2.51. The van der Waals surface area contributed by atoms with Crippen molar-refractivity contribution in [2.45, 2.75) is 58.8 Å². The molecule has 1 atom stereocenters. The number of piperidine rings is 1. The predicted molar refractivity (Wildman–Crippen MR) is 111 cm³/mol. The Hall–Kier alpha value is -2.37. The molecule has 1 spiro atoms. The molecule has 6 heteroatoms. The molecule has 1 aromatic carbocycles. The van der Waals surface area contributed by atoms with Crippen molar-refractivity contribution >= 4 is 18.1 Å². The fourth-order valence-corrected chi connectivity index (χ4v) is 5.13. The second-order valence-corrected chi connectivity index (χ2v) is 9.01. The van der Waals surface area contributed by atoms with Crippen LogP contribution in [0.15, 0.2) is 29.4 Å². The van der Waals surface area contributed by atoms with Crippen molar-refractivity contribution in [3.63, 3.8) is 0 Å². The minimum absolute atomic E-state index is 0.0467. The van der Waals surface area contributed by atoms with E-state index in [0.29, 0.717) is 12.0 Å². The molecule has 1 aliphatic carbocycles. The van der Waals surface area contributed by atoms with Crippen molar-refractivity contribution in [3.8, 4) is 0 Å². The van der Waals surface area contributed by atoms with Crippen LogP contribution in [0.2, 0.25) is 0 Å². The normalized spacial score (nSPS) is 21.9. The largest absolute Gasteiger partial charge is 0.481 e. The molecule has 29 heavy (non-hydrogen) atoms. The number of rotatable bonds is 5. The molecule has 2 aliphatic rings. The summed E-state index contributed by atoms with van der Waals surface area (Å²) in [6.07, 6.45) is 8.08. The summed E-state index contributed by atoms with van der Waals surface area (Å²) in [5, 5.41) is 21.3. The zero-order valence-corrected chi connectivity index (χ0v) is 17.4. The molecule has 1 saturated carbocycles. The van der Waals surface area contributed by atoms with Gasteiger partial charge >= 0.3 is 5.97 Å². The number of carbonyl (C=O) groups excluding carboxylic acids is 1. The van der Waals surface area contributed by atoms with Crippen LogP contribution >= 0.6 is 0 Å². The minimum atomic E-state index is -0.669. The van der Waals surface area contributed by atoms with Crippen LogP contribution in [0.4, 0.5) is 0 Å². The van der Waals surface area contributed by atoms with Crippen LogP contribution in [0.5, 0.6) is 0 Å². The maximum Gasteiger partial charge on any atom is 0.309 e. The van der Waals surface area contributed by atoms with Gasteiger partial charge in [-0.25, -0.2) is 0 Å². The number of oxime groups is 1. The Bertz CT molecular complexity index is 756. The summed E-state index contributed by atoms with van der Waals surface area (Å²) in [6.45, 7) is 5.39. The summed E-state index contributed by atoms with van der Waals surface area (Å²) in [6, 6.07) is 7.08. The number of nitrogens with zero attached hydrogens (tertiary/aromatic N) is 2. The van der Waals surface area contributed by atoms with E-state index in [0.717, 1.165) is 57.2 Å². The Morgan fingerprint density at radius 1 is 1.17 bits per heavy atom. The van der Waals surface area contributed by atoms with Crippen LogP contribution in [0.25, 0.3) is 0 Å². The number of aliphatic carboxylic acids is 1. The SMILES string of the molecule is CCC(C)(C(=O)O)C1CCC2(CC1)CCN(C(=O)c1ccc(C=NO)cc1)CC2. The van der Waals surface area contributed by atoms with Crippen LogP contribution in [0.1, 0.15) is 74.7 Å². The number of benzene rings is 1. The first-order valence-electron chi connectivity index (χ1n) is 10.6. The second-order valence-electron chi connectivity index (χ2n) is 9.01. The molecule has 2 N–H and O–H groups in total. The van der Waals surface area contributed by atoms with Gasteiger partial charge in [0.05, 0.1) is 11.6 Å². The molecule has 1 saturated heterocycles. The number of carboxylic acid groups (broad SMARTS) is 1. The molecule has 1 amide bonds. The van der Waals surface area contributed by atoms with E-state index >= 15 is 0 Å². The second kappa shape index (κ2) is 8.56. The van der Waals surface area contributed by atoms with Gasteiger partial charge in [-0.05, 0) is 80.9 Å². The van der Waals surface area contributed by atoms with E-state index in [1.54, 1.807) is 24.3 Å². The first-order valence-corrected chi connectivity index (χ1v) is 10.6. The molecule has 0 radical (unpaired) electrons. The van der Waals surface area contributed by atoms with E-state index in [9.17, 15) is 14.7 Å². The molecule has 0 aromatic heterocycles. The number of carboxylic acids is 1. The van der Waals surface area contributed by atoms with Crippen LogP contribution in [0.3, 0.4) is 0 Å². The Balaban J connectivity index is 1.57. The van der Waals surface area contributed by atoms with Crippen LogP contribution in [-0.2, 0) is 4.79 Å². The maximum absolute atomic E-state index is 12.8. The molecular formula is C23H32N2O4. The molecule has 1 heterocycles. The number of likely N-dealkylation sites (tertiary alicyclic amines) is 1. The van der Waals surface area contributed by atoms with Crippen molar-refractivity contribution < 1.29 is 19.9 Å². The van der Waals surface area contributed by atoms with E-state index in [2.05, 4.69) is 5.16 Å². The fraction of sp³-hybridized carbons (Fsp3) is 0.609. The van der Waals surface area contributed by atoms with Gasteiger partial charge in [0.25, 0.3) is 5.91 Å². The van der Waals surface area contributed by atoms with Crippen molar-refractivity contribution in [1.29, 1.82) is 0 Å². The predicted octanol–water partition coefficient (Wildman–Crippen LogP) is 4.41. The molecule has 3 rings (SSSR count). The first kappa shape index (κ1) is 21.3. The van der Waals surface area contributed by atoms with Gasteiger partial charge in [0.15, 0.2) is 0 Å². The average molecular weight is 401 g/mol. The van der Waals surface area contributed by atoms with Gasteiger partial charge in [-0.3, -0.25) is 9.59 Å². The third-order valence-electron chi connectivity index (χ3n) is 7.65. The van der Waals surface area contributed by atoms with Crippen LogP contribution in [0, 0.1) is 16.7 Å². The maximum atomic E-state index is 12.8. The third-order valence-corrected chi connectivity index (χ3v) is 7.65. The molecule has 0 bridgehead atoms. The molecule has 6 nitrogen and oxygen atoms in total. The van der Waals surface area contributed by atoms with Gasteiger partial charge in [0.2, 0.25) is 0 Å². The summed E-state index contributed by atoms with van der Waals surface area (Å²) in [5.74, 6) is -0.376. The number of carbonyl (C=O) groups is 2. The highest BCUT2D eigenvalue weighted by molar-refractivity contribution is 5.95. The Morgan fingerprint density at radius 2 is 1.76 bits per heavy atom. The van der Waals surface area contributed by atoms with Gasteiger partial charge < -0.3 is 15.2 Å². The topological polar surface area (TPSA) is 90.2 Å². The van der Waals surface area contributed by atoms with Gasteiger partial charge in [0, 0.05) is 18.7 Å². The Kier molecular flexibility index (Phi) is 6.30.